The van der Waals surface area contributed by atoms with Gasteiger partial charge in [0.05, 0.1) is 5.70 Å². The van der Waals surface area contributed by atoms with E-state index in [9.17, 15) is 4.79 Å². The zero-order chi connectivity index (χ0) is 9.14. The van der Waals surface area contributed by atoms with Crippen molar-refractivity contribution in [3.63, 3.8) is 0 Å². The molecule has 1 aliphatic heterocycles. The molecule has 0 saturated heterocycles. The second kappa shape index (κ2) is 3.45. The first-order chi connectivity index (χ1) is 5.69. The molecule has 0 spiro atoms. The van der Waals surface area contributed by atoms with Crippen molar-refractivity contribution in [2.45, 2.75) is 6.23 Å². The topological polar surface area (TPSA) is 38.3 Å². The predicted octanol–water partition coefficient (Wildman–Crippen LogP) is 1.28. The second-order valence-corrected chi connectivity index (χ2v) is 2.51. The lowest BCUT2D eigenvalue weighted by Gasteiger charge is -2.05. The number of carbonyl (C=O) groups is 1. The maximum atomic E-state index is 10.7. The summed E-state index contributed by atoms with van der Waals surface area (Å²) in [5.41, 5.74) is 0.629. The minimum atomic E-state index is -0.812. The Balaban J connectivity index is 2.78. The third kappa shape index (κ3) is 1.51. The molecule has 4 heteroatoms. The first-order valence-corrected chi connectivity index (χ1v) is 3.68. The monoisotopic (exact) mass is 185 g/mol. The lowest BCUT2D eigenvalue weighted by Crippen LogP contribution is -2.29. The fourth-order valence-corrected chi connectivity index (χ4v) is 0.952. The summed E-state index contributed by atoms with van der Waals surface area (Å²) in [6, 6.07) is 0. The zero-order valence-corrected chi connectivity index (χ0v) is 7.10. The summed E-state index contributed by atoms with van der Waals surface area (Å²) in [6.07, 6.45) is 2.22. The van der Waals surface area contributed by atoms with Gasteiger partial charge in [-0.05, 0) is 23.8 Å². The summed E-state index contributed by atoms with van der Waals surface area (Å²) in [4.78, 5) is 10.7. The summed E-state index contributed by atoms with van der Waals surface area (Å²) in [5.74, 6) is 0.490. The van der Waals surface area contributed by atoms with Crippen molar-refractivity contribution >= 4 is 16.8 Å². The van der Waals surface area contributed by atoms with Crippen LogP contribution in [0.15, 0.2) is 36.8 Å². The number of hydrogen-bond donors (Lipinski definition) is 1. The molecule has 3 nitrogen and oxygen atoms in total. The normalized spacial score (nSPS) is 21.2. The van der Waals surface area contributed by atoms with E-state index in [1.54, 1.807) is 0 Å². The molecule has 1 unspecified atom stereocenters. The minimum Gasteiger partial charge on any atom is -0.460 e. The quantitative estimate of drug-likeness (QED) is 0.674. The van der Waals surface area contributed by atoms with Gasteiger partial charge in [-0.1, -0.05) is 13.2 Å². The fourth-order valence-electron chi connectivity index (χ4n) is 0.853. The summed E-state index contributed by atoms with van der Waals surface area (Å²) in [5, 5.41) is 2.14. The van der Waals surface area contributed by atoms with E-state index in [0.29, 0.717) is 11.5 Å². The standard InChI is InChI=1S/C8H8ClNO2/c1-3-5-6(4-2)12-8(10-5)7(9)11/h3-4,8,10H,1-2H2. The van der Waals surface area contributed by atoms with Gasteiger partial charge in [-0.3, -0.25) is 4.79 Å². The Bertz CT molecular complexity index is 250. The molecule has 1 rings (SSSR count). The van der Waals surface area contributed by atoms with E-state index in [0.717, 1.165) is 0 Å². The highest BCUT2D eigenvalue weighted by atomic mass is 35.5. The molecule has 0 saturated carbocycles. The van der Waals surface area contributed by atoms with Crippen LogP contribution in [0.1, 0.15) is 0 Å². The van der Waals surface area contributed by atoms with Crippen LogP contribution in [0.4, 0.5) is 0 Å². The fraction of sp³-hybridized carbons (Fsp3) is 0.125. The van der Waals surface area contributed by atoms with Gasteiger partial charge in [0.15, 0.2) is 0 Å². The van der Waals surface area contributed by atoms with E-state index < -0.39 is 11.5 Å². The second-order valence-electron chi connectivity index (χ2n) is 2.13. The van der Waals surface area contributed by atoms with E-state index >= 15 is 0 Å². The SMILES string of the molecule is C=CC1=C(C=C)OC(C(=O)Cl)N1. The molecule has 0 fully saturated rings. The summed E-state index contributed by atoms with van der Waals surface area (Å²) in [7, 11) is 0. The number of nitrogens with one attached hydrogen (secondary N) is 1. The van der Waals surface area contributed by atoms with Gasteiger partial charge in [-0.25, -0.2) is 0 Å². The average Bonchev–Trinajstić information content (AvgIpc) is 2.46. The maximum Gasteiger partial charge on any atom is 0.283 e. The van der Waals surface area contributed by atoms with Crippen LogP contribution in [0.2, 0.25) is 0 Å². The summed E-state index contributed by atoms with van der Waals surface area (Å²) < 4.78 is 5.07. The molecule has 0 aromatic carbocycles. The molecule has 0 bridgehead atoms. The van der Waals surface area contributed by atoms with Gasteiger partial charge in [-0.15, -0.1) is 0 Å². The van der Waals surface area contributed by atoms with Crippen LogP contribution >= 0.6 is 11.6 Å². The van der Waals surface area contributed by atoms with E-state index in [-0.39, 0.29) is 0 Å². The van der Waals surface area contributed by atoms with E-state index in [2.05, 4.69) is 18.5 Å². The van der Waals surface area contributed by atoms with Gasteiger partial charge in [-0.2, -0.15) is 0 Å². The number of carbonyl (C=O) groups excluding carboxylic acids is 1. The predicted molar refractivity (Wildman–Crippen MR) is 46.3 cm³/mol. The Hall–Kier alpha value is -1.22. The van der Waals surface area contributed by atoms with Crippen molar-refractivity contribution in [2.24, 2.45) is 0 Å². The van der Waals surface area contributed by atoms with Crippen LogP contribution < -0.4 is 5.32 Å². The Morgan fingerprint density at radius 2 is 2.25 bits per heavy atom. The molecule has 0 aromatic heterocycles. The van der Waals surface area contributed by atoms with Gasteiger partial charge in [0.2, 0.25) is 6.23 Å². The highest BCUT2D eigenvalue weighted by Gasteiger charge is 2.26. The van der Waals surface area contributed by atoms with Crippen LogP contribution in [0.3, 0.4) is 0 Å². The Morgan fingerprint density at radius 3 is 2.58 bits per heavy atom. The van der Waals surface area contributed by atoms with Gasteiger partial charge in [0.25, 0.3) is 5.24 Å². The van der Waals surface area contributed by atoms with Crippen LogP contribution in [-0.2, 0) is 9.53 Å². The van der Waals surface area contributed by atoms with Gasteiger partial charge in [0, 0.05) is 0 Å². The number of allylic oxidation sites excluding steroid dienone is 2. The molecule has 1 aliphatic rings. The Morgan fingerprint density at radius 1 is 1.58 bits per heavy atom. The average molecular weight is 186 g/mol. The van der Waals surface area contributed by atoms with Crippen LogP contribution in [0.25, 0.3) is 0 Å². The van der Waals surface area contributed by atoms with Crippen molar-refractivity contribution in [2.75, 3.05) is 0 Å². The first kappa shape index (κ1) is 8.87. The molecule has 0 aliphatic carbocycles. The summed E-state index contributed by atoms with van der Waals surface area (Å²) >= 11 is 5.21. The van der Waals surface area contributed by atoms with Gasteiger partial charge in [0.1, 0.15) is 5.76 Å². The molecule has 12 heavy (non-hydrogen) atoms. The molecular weight excluding hydrogens is 178 g/mol. The molecule has 0 amide bonds. The molecule has 64 valence electrons. The van der Waals surface area contributed by atoms with E-state index in [4.69, 9.17) is 16.3 Å². The first-order valence-electron chi connectivity index (χ1n) is 3.30. The van der Waals surface area contributed by atoms with Crippen molar-refractivity contribution in [3.8, 4) is 0 Å². The number of rotatable bonds is 3. The van der Waals surface area contributed by atoms with Crippen molar-refractivity contribution in [1.82, 2.24) is 5.32 Å². The molecule has 1 N–H and O–H groups in total. The lowest BCUT2D eigenvalue weighted by atomic mass is 10.3. The molecule has 0 aromatic rings. The Kier molecular flexibility index (Phi) is 2.55. The van der Waals surface area contributed by atoms with Crippen LogP contribution in [0, 0.1) is 0 Å². The largest absolute Gasteiger partial charge is 0.460 e. The van der Waals surface area contributed by atoms with Crippen LogP contribution in [0.5, 0.6) is 0 Å². The highest BCUT2D eigenvalue weighted by Crippen LogP contribution is 2.17. The van der Waals surface area contributed by atoms with Crippen molar-refractivity contribution in [1.29, 1.82) is 0 Å². The maximum absolute atomic E-state index is 10.7. The highest BCUT2D eigenvalue weighted by molar-refractivity contribution is 6.64. The molecular formula is C8H8ClNO2. The van der Waals surface area contributed by atoms with Gasteiger partial charge < -0.3 is 10.1 Å². The van der Waals surface area contributed by atoms with Crippen LogP contribution in [-0.4, -0.2) is 11.5 Å². The zero-order valence-electron chi connectivity index (χ0n) is 6.34. The van der Waals surface area contributed by atoms with E-state index in [1.807, 2.05) is 0 Å². The smallest absolute Gasteiger partial charge is 0.283 e. The van der Waals surface area contributed by atoms with Gasteiger partial charge >= 0.3 is 0 Å². The summed E-state index contributed by atoms with van der Waals surface area (Å²) in [6.45, 7) is 7.04. The number of ether oxygens (including phenoxy) is 1. The third-order valence-corrected chi connectivity index (χ3v) is 1.59. The Labute approximate surface area is 75.3 Å². The van der Waals surface area contributed by atoms with E-state index in [1.165, 1.54) is 12.2 Å². The van der Waals surface area contributed by atoms with Crippen molar-refractivity contribution < 1.29 is 9.53 Å². The molecule has 1 atom stereocenters. The molecule has 0 radical (unpaired) electrons. The lowest BCUT2D eigenvalue weighted by molar-refractivity contribution is -0.119. The minimum absolute atomic E-state index is 0.490. The molecule has 1 heterocycles. The number of halogens is 1. The number of hydrogen-bond acceptors (Lipinski definition) is 3. The third-order valence-electron chi connectivity index (χ3n) is 1.39. The van der Waals surface area contributed by atoms with Crippen molar-refractivity contribution in [3.05, 3.63) is 36.8 Å².